The first kappa shape index (κ1) is 10.6. The van der Waals surface area contributed by atoms with Crippen molar-refractivity contribution < 1.29 is 9.90 Å². The minimum atomic E-state index is -0.740. The molecule has 0 radical (unpaired) electrons. The highest BCUT2D eigenvalue weighted by Gasteiger charge is 1.96. The molecule has 2 N–H and O–H groups in total. The fraction of sp³-hybridized carbons (Fsp3) is 0.364. The molecule has 0 unspecified atom stereocenters. The third-order valence-corrected chi connectivity index (χ3v) is 1.91. The SMILES string of the molecule is Cc1cccc(NCCCC(=O)O)c1. The Morgan fingerprint density at radius 1 is 1.50 bits per heavy atom. The maximum Gasteiger partial charge on any atom is 0.303 e. The third kappa shape index (κ3) is 3.94. The number of aliphatic carboxylic acids is 1. The summed E-state index contributed by atoms with van der Waals surface area (Å²) < 4.78 is 0. The zero-order chi connectivity index (χ0) is 10.4. The van der Waals surface area contributed by atoms with Crippen molar-refractivity contribution in [1.82, 2.24) is 0 Å². The van der Waals surface area contributed by atoms with Crippen LogP contribution in [0.5, 0.6) is 0 Å². The molecule has 0 saturated heterocycles. The van der Waals surface area contributed by atoms with Crippen molar-refractivity contribution in [2.24, 2.45) is 0 Å². The minimum absolute atomic E-state index is 0.221. The quantitative estimate of drug-likeness (QED) is 0.705. The lowest BCUT2D eigenvalue weighted by atomic mass is 10.2. The number of anilines is 1. The molecule has 14 heavy (non-hydrogen) atoms. The van der Waals surface area contributed by atoms with Gasteiger partial charge in [-0.2, -0.15) is 0 Å². The summed E-state index contributed by atoms with van der Waals surface area (Å²) in [7, 11) is 0. The molecule has 0 atom stereocenters. The number of rotatable bonds is 5. The first-order valence-electron chi connectivity index (χ1n) is 4.71. The Labute approximate surface area is 83.8 Å². The predicted molar refractivity (Wildman–Crippen MR) is 56.5 cm³/mol. The van der Waals surface area contributed by atoms with Gasteiger partial charge in [0.2, 0.25) is 0 Å². The fourth-order valence-corrected chi connectivity index (χ4v) is 1.23. The predicted octanol–water partition coefficient (Wildman–Crippen LogP) is 2.27. The lowest BCUT2D eigenvalue weighted by molar-refractivity contribution is -0.137. The standard InChI is InChI=1S/C11H15NO2/c1-9-4-2-5-10(8-9)12-7-3-6-11(13)14/h2,4-5,8,12H,3,6-7H2,1H3,(H,13,14). The smallest absolute Gasteiger partial charge is 0.303 e. The van der Waals surface area contributed by atoms with Gasteiger partial charge in [-0.3, -0.25) is 4.79 Å². The van der Waals surface area contributed by atoms with Gasteiger partial charge in [0.15, 0.2) is 0 Å². The van der Waals surface area contributed by atoms with Crippen LogP contribution in [0.4, 0.5) is 5.69 Å². The number of hydrogen-bond acceptors (Lipinski definition) is 2. The molecule has 1 rings (SSSR count). The summed E-state index contributed by atoms with van der Waals surface area (Å²) in [6, 6.07) is 8.03. The Kier molecular flexibility index (Phi) is 3.98. The summed E-state index contributed by atoms with van der Waals surface area (Å²) in [6.45, 7) is 2.73. The van der Waals surface area contributed by atoms with Crippen LogP contribution in [0.1, 0.15) is 18.4 Å². The molecule has 3 heteroatoms. The number of carbonyl (C=O) groups is 1. The summed E-state index contributed by atoms with van der Waals surface area (Å²) >= 11 is 0. The van der Waals surface area contributed by atoms with E-state index in [-0.39, 0.29) is 6.42 Å². The first-order valence-corrected chi connectivity index (χ1v) is 4.71. The van der Waals surface area contributed by atoms with E-state index in [1.165, 1.54) is 5.56 Å². The average Bonchev–Trinajstić information content (AvgIpc) is 2.12. The largest absolute Gasteiger partial charge is 0.481 e. The third-order valence-electron chi connectivity index (χ3n) is 1.91. The van der Waals surface area contributed by atoms with Gasteiger partial charge in [0, 0.05) is 18.7 Å². The van der Waals surface area contributed by atoms with Gasteiger partial charge in [-0.05, 0) is 31.0 Å². The van der Waals surface area contributed by atoms with Gasteiger partial charge in [-0.1, -0.05) is 12.1 Å². The van der Waals surface area contributed by atoms with Crippen LogP contribution in [-0.2, 0) is 4.79 Å². The Hall–Kier alpha value is -1.51. The number of aryl methyl sites for hydroxylation is 1. The second-order valence-corrected chi connectivity index (χ2v) is 3.29. The van der Waals surface area contributed by atoms with Gasteiger partial charge >= 0.3 is 5.97 Å². The molecular weight excluding hydrogens is 178 g/mol. The number of carboxylic acid groups (broad SMARTS) is 1. The highest BCUT2D eigenvalue weighted by atomic mass is 16.4. The van der Waals surface area contributed by atoms with Crippen LogP contribution < -0.4 is 5.32 Å². The zero-order valence-electron chi connectivity index (χ0n) is 8.29. The number of carboxylic acids is 1. The van der Waals surface area contributed by atoms with E-state index >= 15 is 0 Å². The molecule has 1 aromatic rings. The van der Waals surface area contributed by atoms with Crippen molar-refractivity contribution in [3.8, 4) is 0 Å². The van der Waals surface area contributed by atoms with Crippen LogP contribution in [0.2, 0.25) is 0 Å². The lowest BCUT2D eigenvalue weighted by Gasteiger charge is -2.05. The highest BCUT2D eigenvalue weighted by molar-refractivity contribution is 5.66. The van der Waals surface area contributed by atoms with E-state index in [1.54, 1.807) is 0 Å². The van der Waals surface area contributed by atoms with Crippen LogP contribution in [0.25, 0.3) is 0 Å². The fourth-order valence-electron chi connectivity index (χ4n) is 1.23. The maximum absolute atomic E-state index is 10.2. The summed E-state index contributed by atoms with van der Waals surface area (Å²) in [5, 5.41) is 11.6. The van der Waals surface area contributed by atoms with Crippen LogP contribution in [0.3, 0.4) is 0 Å². The number of hydrogen-bond donors (Lipinski definition) is 2. The van der Waals surface area contributed by atoms with Gasteiger partial charge in [-0.25, -0.2) is 0 Å². The Morgan fingerprint density at radius 3 is 2.93 bits per heavy atom. The molecule has 1 aromatic carbocycles. The summed E-state index contributed by atoms with van der Waals surface area (Å²) in [5.74, 6) is -0.740. The zero-order valence-corrected chi connectivity index (χ0v) is 8.29. The van der Waals surface area contributed by atoms with Crippen molar-refractivity contribution >= 4 is 11.7 Å². The Morgan fingerprint density at radius 2 is 2.29 bits per heavy atom. The van der Waals surface area contributed by atoms with Crippen molar-refractivity contribution in [3.05, 3.63) is 29.8 Å². The van der Waals surface area contributed by atoms with Crippen LogP contribution in [0.15, 0.2) is 24.3 Å². The van der Waals surface area contributed by atoms with Gasteiger partial charge < -0.3 is 10.4 Å². The second-order valence-electron chi connectivity index (χ2n) is 3.29. The first-order chi connectivity index (χ1) is 6.68. The van der Waals surface area contributed by atoms with Gasteiger partial charge in [0.1, 0.15) is 0 Å². The van der Waals surface area contributed by atoms with E-state index in [0.29, 0.717) is 13.0 Å². The van der Waals surface area contributed by atoms with Crippen LogP contribution in [0, 0.1) is 6.92 Å². The molecule has 76 valence electrons. The van der Waals surface area contributed by atoms with E-state index in [4.69, 9.17) is 5.11 Å². The van der Waals surface area contributed by atoms with Crippen molar-refractivity contribution in [2.75, 3.05) is 11.9 Å². The van der Waals surface area contributed by atoms with E-state index in [1.807, 2.05) is 31.2 Å². The molecule has 0 bridgehead atoms. The Bertz CT molecular complexity index is 310. The molecule has 0 saturated carbocycles. The van der Waals surface area contributed by atoms with E-state index < -0.39 is 5.97 Å². The summed E-state index contributed by atoms with van der Waals surface area (Å²) in [4.78, 5) is 10.2. The Balaban J connectivity index is 2.28. The summed E-state index contributed by atoms with van der Waals surface area (Å²) in [5.41, 5.74) is 2.25. The monoisotopic (exact) mass is 193 g/mol. The molecule has 0 aromatic heterocycles. The normalized spacial score (nSPS) is 9.79. The summed E-state index contributed by atoms with van der Waals surface area (Å²) in [6.07, 6.45) is 0.877. The minimum Gasteiger partial charge on any atom is -0.481 e. The van der Waals surface area contributed by atoms with Crippen LogP contribution >= 0.6 is 0 Å². The second kappa shape index (κ2) is 5.27. The highest BCUT2D eigenvalue weighted by Crippen LogP contribution is 2.09. The topological polar surface area (TPSA) is 49.3 Å². The van der Waals surface area contributed by atoms with Gasteiger partial charge in [0.25, 0.3) is 0 Å². The lowest BCUT2D eigenvalue weighted by Crippen LogP contribution is -2.04. The molecule has 3 nitrogen and oxygen atoms in total. The molecule has 0 fully saturated rings. The van der Waals surface area contributed by atoms with Crippen molar-refractivity contribution in [2.45, 2.75) is 19.8 Å². The molecule has 0 heterocycles. The molecule has 0 amide bonds. The van der Waals surface area contributed by atoms with Crippen LogP contribution in [-0.4, -0.2) is 17.6 Å². The van der Waals surface area contributed by atoms with E-state index in [9.17, 15) is 4.79 Å². The maximum atomic E-state index is 10.2. The molecule has 0 aliphatic heterocycles. The average molecular weight is 193 g/mol. The van der Waals surface area contributed by atoms with Crippen molar-refractivity contribution in [3.63, 3.8) is 0 Å². The number of nitrogens with one attached hydrogen (secondary N) is 1. The van der Waals surface area contributed by atoms with E-state index in [2.05, 4.69) is 5.32 Å². The molecular formula is C11H15NO2. The molecule has 0 spiro atoms. The molecule has 0 aliphatic rings. The van der Waals surface area contributed by atoms with Gasteiger partial charge in [-0.15, -0.1) is 0 Å². The van der Waals surface area contributed by atoms with E-state index in [0.717, 1.165) is 5.69 Å². The molecule has 0 aliphatic carbocycles. The number of benzene rings is 1. The van der Waals surface area contributed by atoms with Gasteiger partial charge in [0.05, 0.1) is 0 Å². The van der Waals surface area contributed by atoms with Crippen molar-refractivity contribution in [1.29, 1.82) is 0 Å².